The van der Waals surface area contributed by atoms with E-state index in [0.29, 0.717) is 34.8 Å². The maximum Gasteiger partial charge on any atom is 0.350 e. The Labute approximate surface area is 232 Å². The van der Waals surface area contributed by atoms with Crippen molar-refractivity contribution < 1.29 is 19.0 Å². The van der Waals surface area contributed by atoms with E-state index in [1.165, 1.54) is 22.5 Å². The number of nitrogens with one attached hydrogen (secondary N) is 1. The van der Waals surface area contributed by atoms with Gasteiger partial charge in [-0.05, 0) is 50.6 Å². The van der Waals surface area contributed by atoms with Crippen LogP contribution in [0.25, 0.3) is 0 Å². The standard InChI is InChI=1S/C27H35N7O4S/c1-6-38-25(35)24-17(2)28-27(39-24)31-26-29-22(33-11-9-32(3)10-12-33)15-23(30-26)34-8-7-18-13-20(36-4)21(37-5)14-19(18)16-34/h13-15H,6-12,16H2,1-5H3,(H,28,29,30,31). The zero-order valence-electron chi connectivity index (χ0n) is 23.1. The van der Waals surface area contributed by atoms with Crippen molar-refractivity contribution in [1.82, 2.24) is 19.9 Å². The number of aryl methyl sites for hydroxylation is 1. The lowest BCUT2D eigenvalue weighted by Gasteiger charge is -2.35. The van der Waals surface area contributed by atoms with Crippen LogP contribution in [-0.2, 0) is 17.7 Å². The number of methoxy groups -OCH3 is 2. The number of carbonyl (C=O) groups excluding carboxylic acids is 1. The summed E-state index contributed by atoms with van der Waals surface area (Å²) in [5.41, 5.74) is 3.05. The van der Waals surface area contributed by atoms with E-state index in [9.17, 15) is 4.79 Å². The minimum atomic E-state index is -0.368. The molecule has 4 heterocycles. The van der Waals surface area contributed by atoms with Crippen LogP contribution in [0.5, 0.6) is 11.5 Å². The summed E-state index contributed by atoms with van der Waals surface area (Å²) in [4.78, 5) is 34.0. The van der Waals surface area contributed by atoms with Crippen LogP contribution in [0.15, 0.2) is 18.2 Å². The first kappa shape index (κ1) is 26.9. The Morgan fingerprint density at radius 1 is 0.949 bits per heavy atom. The van der Waals surface area contributed by atoms with Crippen LogP contribution in [-0.4, -0.2) is 86.4 Å². The van der Waals surface area contributed by atoms with E-state index in [1.807, 2.05) is 0 Å². The number of fused-ring (bicyclic) bond motifs is 1. The van der Waals surface area contributed by atoms with Crippen LogP contribution in [0.2, 0.25) is 0 Å². The summed E-state index contributed by atoms with van der Waals surface area (Å²) in [6.07, 6.45) is 0.862. The minimum Gasteiger partial charge on any atom is -0.493 e. The normalized spacial score (nSPS) is 15.6. The molecule has 0 spiro atoms. The molecule has 0 bridgehead atoms. The molecule has 1 aromatic carbocycles. The fourth-order valence-electron chi connectivity index (χ4n) is 4.85. The number of esters is 1. The second kappa shape index (κ2) is 11.6. The number of aromatic nitrogens is 3. The summed E-state index contributed by atoms with van der Waals surface area (Å²) in [5.74, 6) is 3.25. The number of anilines is 4. The topological polar surface area (TPSA) is 105 Å². The van der Waals surface area contributed by atoms with Crippen LogP contribution in [0.4, 0.5) is 22.7 Å². The van der Waals surface area contributed by atoms with Crippen LogP contribution < -0.4 is 24.6 Å². The van der Waals surface area contributed by atoms with E-state index in [4.69, 9.17) is 24.2 Å². The van der Waals surface area contributed by atoms with Crippen molar-refractivity contribution >= 4 is 40.0 Å². The highest BCUT2D eigenvalue weighted by molar-refractivity contribution is 7.17. The highest BCUT2D eigenvalue weighted by Crippen LogP contribution is 2.35. The molecule has 0 radical (unpaired) electrons. The number of thiazole rings is 1. The molecule has 2 aliphatic heterocycles. The Morgan fingerprint density at radius 2 is 1.62 bits per heavy atom. The fourth-order valence-corrected chi connectivity index (χ4v) is 5.70. The number of piperazine rings is 1. The predicted octanol–water partition coefficient (Wildman–Crippen LogP) is 3.49. The molecular weight excluding hydrogens is 518 g/mol. The third kappa shape index (κ3) is 5.86. The third-order valence-corrected chi connectivity index (χ3v) is 8.10. The van der Waals surface area contributed by atoms with Gasteiger partial charge in [0.05, 0.1) is 26.5 Å². The van der Waals surface area contributed by atoms with Crippen LogP contribution in [0, 0.1) is 6.92 Å². The zero-order chi connectivity index (χ0) is 27.5. The van der Waals surface area contributed by atoms with Crippen LogP contribution in [0.1, 0.15) is 33.4 Å². The highest BCUT2D eigenvalue weighted by atomic mass is 32.1. The second-order valence-corrected chi connectivity index (χ2v) is 10.6. The number of rotatable bonds is 8. The largest absolute Gasteiger partial charge is 0.493 e. The average molecular weight is 554 g/mol. The summed E-state index contributed by atoms with van der Waals surface area (Å²) in [7, 11) is 5.45. The summed E-state index contributed by atoms with van der Waals surface area (Å²) in [6, 6.07) is 6.19. The van der Waals surface area contributed by atoms with Gasteiger partial charge in [0.25, 0.3) is 0 Å². The average Bonchev–Trinajstić information content (AvgIpc) is 3.31. The van der Waals surface area contributed by atoms with Gasteiger partial charge in [-0.1, -0.05) is 11.3 Å². The highest BCUT2D eigenvalue weighted by Gasteiger charge is 2.24. The Kier molecular flexibility index (Phi) is 8.03. The number of ether oxygens (including phenoxy) is 3. The van der Waals surface area contributed by atoms with Crippen molar-refractivity contribution in [3.63, 3.8) is 0 Å². The molecule has 11 nitrogen and oxygen atoms in total. The van der Waals surface area contributed by atoms with Gasteiger partial charge < -0.3 is 28.9 Å². The molecule has 0 atom stereocenters. The number of nitrogens with zero attached hydrogens (tertiary/aromatic N) is 6. The fraction of sp³-hybridized carbons (Fsp3) is 0.481. The van der Waals surface area contributed by atoms with Crippen LogP contribution in [0.3, 0.4) is 0 Å². The minimum absolute atomic E-state index is 0.316. The van der Waals surface area contributed by atoms with Gasteiger partial charge in [0.15, 0.2) is 16.6 Å². The first-order chi connectivity index (χ1) is 18.9. The van der Waals surface area contributed by atoms with Gasteiger partial charge in [-0.25, -0.2) is 9.78 Å². The van der Waals surface area contributed by atoms with Crippen molar-refractivity contribution in [1.29, 1.82) is 0 Å². The van der Waals surface area contributed by atoms with Crippen molar-refractivity contribution in [2.24, 2.45) is 0 Å². The molecule has 0 saturated carbocycles. The van der Waals surface area contributed by atoms with Crippen molar-refractivity contribution in [3.05, 3.63) is 39.9 Å². The summed E-state index contributed by atoms with van der Waals surface area (Å²) in [6.45, 7) is 9.11. The quantitative estimate of drug-likeness (QED) is 0.415. The second-order valence-electron chi connectivity index (χ2n) is 9.62. The Hall–Kier alpha value is -3.64. The number of hydrogen-bond acceptors (Lipinski definition) is 12. The molecule has 1 fully saturated rings. The van der Waals surface area contributed by atoms with Crippen molar-refractivity contribution in [3.8, 4) is 11.5 Å². The monoisotopic (exact) mass is 553 g/mol. The van der Waals surface area contributed by atoms with Gasteiger partial charge >= 0.3 is 5.97 Å². The van der Waals surface area contributed by atoms with Crippen molar-refractivity contribution in [2.45, 2.75) is 26.8 Å². The third-order valence-electron chi connectivity index (χ3n) is 7.04. The summed E-state index contributed by atoms with van der Waals surface area (Å²) < 4.78 is 16.2. The molecule has 2 aromatic heterocycles. The molecule has 1 saturated heterocycles. The first-order valence-corrected chi connectivity index (χ1v) is 13.9. The Balaban J connectivity index is 1.46. The molecule has 1 N–H and O–H groups in total. The number of hydrogen-bond donors (Lipinski definition) is 1. The molecule has 3 aromatic rings. The summed E-state index contributed by atoms with van der Waals surface area (Å²) in [5, 5.41) is 3.81. The van der Waals surface area contributed by atoms with Crippen LogP contribution >= 0.6 is 11.3 Å². The first-order valence-electron chi connectivity index (χ1n) is 13.1. The SMILES string of the molecule is CCOC(=O)c1sc(Nc2nc(N3CCN(C)CC3)cc(N3CCc4cc(OC)c(OC)cc4C3)n2)nc1C. The van der Waals surface area contributed by atoms with E-state index in [1.54, 1.807) is 28.1 Å². The predicted molar refractivity (Wildman–Crippen MR) is 152 cm³/mol. The molecule has 208 valence electrons. The van der Waals surface area contributed by atoms with Gasteiger partial charge in [-0.2, -0.15) is 9.97 Å². The van der Waals surface area contributed by atoms with Gasteiger partial charge in [0.1, 0.15) is 16.5 Å². The number of likely N-dealkylation sites (N-methyl/N-ethyl adjacent to an activating group) is 1. The van der Waals surface area contributed by atoms with Gasteiger partial charge in [0.2, 0.25) is 5.95 Å². The smallest absolute Gasteiger partial charge is 0.350 e. The van der Waals surface area contributed by atoms with E-state index in [-0.39, 0.29) is 5.97 Å². The van der Waals surface area contributed by atoms with Crippen molar-refractivity contribution in [2.75, 3.05) is 75.7 Å². The van der Waals surface area contributed by atoms with E-state index < -0.39 is 0 Å². The van der Waals surface area contributed by atoms with E-state index in [0.717, 1.165) is 62.3 Å². The molecule has 0 aliphatic carbocycles. The molecule has 0 amide bonds. The molecule has 2 aliphatic rings. The van der Waals surface area contributed by atoms with E-state index >= 15 is 0 Å². The lowest BCUT2D eigenvalue weighted by Crippen LogP contribution is -2.45. The van der Waals surface area contributed by atoms with E-state index in [2.05, 4.69) is 50.2 Å². The molecule has 0 unspecified atom stereocenters. The Bertz CT molecular complexity index is 1340. The molecule has 5 rings (SSSR count). The Morgan fingerprint density at radius 3 is 2.28 bits per heavy atom. The summed E-state index contributed by atoms with van der Waals surface area (Å²) >= 11 is 1.25. The lowest BCUT2D eigenvalue weighted by molar-refractivity contribution is 0.0531. The zero-order valence-corrected chi connectivity index (χ0v) is 23.9. The number of carbonyl (C=O) groups is 1. The van der Waals surface area contributed by atoms with Gasteiger partial charge in [-0.15, -0.1) is 0 Å². The molecular formula is C27H35N7O4S. The number of benzene rings is 1. The molecule has 12 heteroatoms. The maximum absolute atomic E-state index is 12.3. The van der Waals surface area contributed by atoms with Gasteiger partial charge in [0, 0.05) is 45.3 Å². The molecule has 39 heavy (non-hydrogen) atoms. The van der Waals surface area contributed by atoms with Gasteiger partial charge in [-0.3, -0.25) is 5.32 Å². The maximum atomic E-state index is 12.3. The lowest BCUT2D eigenvalue weighted by atomic mass is 9.99.